The maximum Gasteiger partial charge on any atom is 0.273 e. The van der Waals surface area contributed by atoms with Crippen molar-refractivity contribution in [3.05, 3.63) is 88.5 Å². The summed E-state index contributed by atoms with van der Waals surface area (Å²) in [6.07, 6.45) is 1.60. The van der Waals surface area contributed by atoms with Gasteiger partial charge < -0.3 is 19.2 Å². The summed E-state index contributed by atoms with van der Waals surface area (Å²) in [6, 6.07) is 14.6. The van der Waals surface area contributed by atoms with Crippen LogP contribution in [0.1, 0.15) is 44.5 Å². The van der Waals surface area contributed by atoms with E-state index in [0.29, 0.717) is 29.3 Å². The lowest BCUT2D eigenvalue weighted by atomic mass is 9.93. The fourth-order valence-electron chi connectivity index (χ4n) is 4.51. The summed E-state index contributed by atoms with van der Waals surface area (Å²) in [7, 11) is 1.62. The van der Waals surface area contributed by atoms with E-state index in [4.69, 9.17) is 9.15 Å². The molecular weight excluding hydrogens is 406 g/mol. The van der Waals surface area contributed by atoms with Gasteiger partial charge in [-0.05, 0) is 60.9 Å². The Bertz CT molecular complexity index is 1270. The Hall–Kier alpha value is -4.00. The van der Waals surface area contributed by atoms with Crippen molar-refractivity contribution in [3.8, 4) is 22.8 Å². The first-order valence-corrected chi connectivity index (χ1v) is 10.3. The van der Waals surface area contributed by atoms with Gasteiger partial charge in [0.2, 0.25) is 0 Å². The summed E-state index contributed by atoms with van der Waals surface area (Å²) in [4.78, 5) is 15.2. The van der Waals surface area contributed by atoms with E-state index in [9.17, 15) is 9.90 Å². The summed E-state index contributed by atoms with van der Waals surface area (Å²) >= 11 is 0. The number of benzene rings is 2. The van der Waals surface area contributed by atoms with Crippen LogP contribution in [0.25, 0.3) is 11.3 Å². The van der Waals surface area contributed by atoms with Gasteiger partial charge in [0.05, 0.1) is 26.0 Å². The molecule has 32 heavy (non-hydrogen) atoms. The number of aromatic hydroxyl groups is 1. The number of carbonyl (C=O) groups is 1. The van der Waals surface area contributed by atoms with Crippen LogP contribution in [0.15, 0.2) is 59.2 Å². The number of aromatic amines is 1. The maximum absolute atomic E-state index is 13.4. The molecule has 7 heteroatoms. The van der Waals surface area contributed by atoms with Crippen LogP contribution in [0, 0.1) is 13.8 Å². The number of phenols is 1. The van der Waals surface area contributed by atoms with Crippen molar-refractivity contribution in [1.82, 2.24) is 15.1 Å². The summed E-state index contributed by atoms with van der Waals surface area (Å²) in [6.45, 7) is 4.17. The second kappa shape index (κ2) is 7.60. The zero-order chi connectivity index (χ0) is 22.4. The fourth-order valence-corrected chi connectivity index (χ4v) is 4.51. The lowest BCUT2D eigenvalue weighted by Crippen LogP contribution is -2.29. The monoisotopic (exact) mass is 429 g/mol. The van der Waals surface area contributed by atoms with Gasteiger partial charge in [-0.1, -0.05) is 18.2 Å². The second-order valence-electron chi connectivity index (χ2n) is 8.02. The number of ether oxygens (including phenoxy) is 1. The molecule has 5 rings (SSSR count). The standard InChI is InChI=1S/C25H23N3O4/c1-14-11-15(2)20(19(29)12-14)22-21-23(27-26-22)25(30)28(13-18-5-4-10-32-18)24(21)16-6-8-17(31-3)9-7-16/h4-12,24,29H,13H2,1-3H3,(H,26,27). The van der Waals surface area contributed by atoms with E-state index in [2.05, 4.69) is 10.2 Å². The van der Waals surface area contributed by atoms with Crippen molar-refractivity contribution in [2.45, 2.75) is 26.4 Å². The number of aromatic nitrogens is 2. The van der Waals surface area contributed by atoms with Crippen LogP contribution in [0.3, 0.4) is 0 Å². The van der Waals surface area contributed by atoms with E-state index >= 15 is 0 Å². The molecule has 0 bridgehead atoms. The number of H-pyrrole nitrogens is 1. The molecule has 1 amide bonds. The van der Waals surface area contributed by atoms with Gasteiger partial charge in [0, 0.05) is 11.1 Å². The number of fused-ring (bicyclic) bond motifs is 1. The van der Waals surface area contributed by atoms with Crippen molar-refractivity contribution in [2.24, 2.45) is 0 Å². The first kappa shape index (κ1) is 19.9. The minimum absolute atomic E-state index is 0.141. The van der Waals surface area contributed by atoms with E-state index in [1.807, 2.05) is 50.2 Å². The molecule has 2 N–H and O–H groups in total. The number of hydrogen-bond acceptors (Lipinski definition) is 5. The third-order valence-corrected chi connectivity index (χ3v) is 5.90. The van der Waals surface area contributed by atoms with Crippen molar-refractivity contribution in [3.63, 3.8) is 0 Å². The van der Waals surface area contributed by atoms with Crippen LogP contribution in [0.2, 0.25) is 0 Å². The molecule has 0 spiro atoms. The van der Waals surface area contributed by atoms with Crippen LogP contribution >= 0.6 is 0 Å². The molecule has 162 valence electrons. The molecule has 1 unspecified atom stereocenters. The molecule has 0 saturated carbocycles. The Morgan fingerprint density at radius 3 is 2.62 bits per heavy atom. The highest BCUT2D eigenvalue weighted by Crippen LogP contribution is 2.46. The number of rotatable bonds is 5. The minimum Gasteiger partial charge on any atom is -0.507 e. The van der Waals surface area contributed by atoms with Crippen molar-refractivity contribution in [2.75, 3.05) is 7.11 Å². The first-order chi connectivity index (χ1) is 15.5. The van der Waals surface area contributed by atoms with Crippen LogP contribution in [0.4, 0.5) is 0 Å². The molecule has 3 heterocycles. The highest BCUT2D eigenvalue weighted by atomic mass is 16.5. The summed E-state index contributed by atoms with van der Waals surface area (Å²) in [5.74, 6) is 1.39. The molecule has 0 aliphatic carbocycles. The fraction of sp³-hybridized carbons (Fsp3) is 0.200. The number of nitrogens with zero attached hydrogens (tertiary/aromatic N) is 2. The van der Waals surface area contributed by atoms with Gasteiger partial charge in [0.15, 0.2) is 0 Å². The number of amides is 1. The van der Waals surface area contributed by atoms with Gasteiger partial charge in [0.25, 0.3) is 5.91 Å². The van der Waals surface area contributed by atoms with Crippen LogP contribution in [-0.2, 0) is 6.54 Å². The molecule has 1 atom stereocenters. The van der Waals surface area contributed by atoms with E-state index < -0.39 is 6.04 Å². The zero-order valence-corrected chi connectivity index (χ0v) is 18.0. The van der Waals surface area contributed by atoms with Gasteiger partial charge in [0.1, 0.15) is 28.6 Å². The number of furan rings is 1. The normalized spacial score (nSPS) is 15.3. The summed E-state index contributed by atoms with van der Waals surface area (Å²) < 4.78 is 10.8. The van der Waals surface area contributed by atoms with Gasteiger partial charge in [-0.25, -0.2) is 0 Å². The van der Waals surface area contributed by atoms with E-state index in [0.717, 1.165) is 28.0 Å². The SMILES string of the molecule is COc1ccc(C2c3c(-c4c(C)cc(C)cc4O)n[nH]c3C(=O)N2Cc2ccco2)cc1. The Morgan fingerprint density at radius 1 is 1.19 bits per heavy atom. The number of nitrogens with one attached hydrogen (secondary N) is 1. The Balaban J connectivity index is 1.69. The lowest BCUT2D eigenvalue weighted by Gasteiger charge is -2.26. The highest BCUT2D eigenvalue weighted by molar-refractivity contribution is 6.00. The third-order valence-electron chi connectivity index (χ3n) is 5.90. The number of carbonyl (C=O) groups excluding carboxylic acids is 1. The second-order valence-corrected chi connectivity index (χ2v) is 8.02. The van der Waals surface area contributed by atoms with E-state index in [1.165, 1.54) is 0 Å². The third kappa shape index (κ3) is 3.13. The lowest BCUT2D eigenvalue weighted by molar-refractivity contribution is 0.0717. The van der Waals surface area contributed by atoms with Gasteiger partial charge in [-0.3, -0.25) is 9.89 Å². The highest BCUT2D eigenvalue weighted by Gasteiger charge is 2.43. The number of phenolic OH excluding ortho intramolecular Hbond substituents is 1. The largest absolute Gasteiger partial charge is 0.507 e. The number of methoxy groups -OCH3 is 1. The molecule has 4 aromatic rings. The average Bonchev–Trinajstić information content (AvgIpc) is 3.48. The molecule has 0 fully saturated rings. The maximum atomic E-state index is 13.4. The predicted molar refractivity (Wildman–Crippen MR) is 119 cm³/mol. The molecule has 0 radical (unpaired) electrons. The Morgan fingerprint density at radius 2 is 1.97 bits per heavy atom. The predicted octanol–water partition coefficient (Wildman–Crippen LogP) is 4.75. The van der Waals surface area contributed by atoms with E-state index in [-0.39, 0.29) is 11.7 Å². The molecule has 2 aromatic heterocycles. The summed E-state index contributed by atoms with van der Waals surface area (Å²) in [5.41, 5.74) is 5.13. The van der Waals surface area contributed by atoms with Gasteiger partial charge in [-0.15, -0.1) is 0 Å². The van der Waals surface area contributed by atoms with Crippen LogP contribution in [-0.4, -0.2) is 33.2 Å². The van der Waals surface area contributed by atoms with Crippen LogP contribution < -0.4 is 4.74 Å². The van der Waals surface area contributed by atoms with Crippen molar-refractivity contribution >= 4 is 5.91 Å². The summed E-state index contributed by atoms with van der Waals surface area (Å²) in [5, 5.41) is 18.2. The Labute approximate surface area is 185 Å². The molecule has 1 aliphatic heterocycles. The number of aryl methyl sites for hydroxylation is 2. The van der Waals surface area contributed by atoms with Gasteiger partial charge in [-0.2, -0.15) is 5.10 Å². The number of hydrogen-bond donors (Lipinski definition) is 2. The quantitative estimate of drug-likeness (QED) is 0.478. The van der Waals surface area contributed by atoms with Crippen molar-refractivity contribution < 1.29 is 19.1 Å². The average molecular weight is 429 g/mol. The molecule has 2 aromatic carbocycles. The molecule has 1 aliphatic rings. The van der Waals surface area contributed by atoms with Crippen LogP contribution in [0.5, 0.6) is 11.5 Å². The molecule has 7 nitrogen and oxygen atoms in total. The first-order valence-electron chi connectivity index (χ1n) is 10.3. The molecular formula is C25H23N3O4. The minimum atomic E-state index is -0.401. The molecule has 0 saturated heterocycles. The van der Waals surface area contributed by atoms with Gasteiger partial charge >= 0.3 is 0 Å². The smallest absolute Gasteiger partial charge is 0.273 e. The zero-order valence-electron chi connectivity index (χ0n) is 18.0. The van der Waals surface area contributed by atoms with Crippen molar-refractivity contribution in [1.29, 1.82) is 0 Å². The van der Waals surface area contributed by atoms with E-state index in [1.54, 1.807) is 30.4 Å². The Kier molecular flexibility index (Phi) is 4.74. The topological polar surface area (TPSA) is 91.6 Å².